The van der Waals surface area contributed by atoms with Crippen molar-refractivity contribution in [2.75, 3.05) is 0 Å². The predicted molar refractivity (Wildman–Crippen MR) is 82.9 cm³/mol. The Morgan fingerprint density at radius 1 is 0.850 bits per heavy atom. The summed E-state index contributed by atoms with van der Waals surface area (Å²) >= 11 is 6.62. The summed E-state index contributed by atoms with van der Waals surface area (Å²) in [7, 11) is 0. The van der Waals surface area contributed by atoms with Gasteiger partial charge in [-0.1, -0.05) is 0 Å². The molecule has 0 unspecified atom stereocenters. The Bertz CT molecular complexity index is 477. The van der Waals surface area contributed by atoms with Gasteiger partial charge in [0.25, 0.3) is 0 Å². The molecule has 0 fully saturated rings. The number of hydrogen-bond donors (Lipinski definition) is 0. The van der Waals surface area contributed by atoms with E-state index in [9.17, 15) is 9.59 Å². The summed E-state index contributed by atoms with van der Waals surface area (Å²) in [6.45, 7) is 6.99. The summed E-state index contributed by atoms with van der Waals surface area (Å²) in [5.41, 5.74) is 0.360. The van der Waals surface area contributed by atoms with Crippen molar-refractivity contribution in [3.63, 3.8) is 0 Å². The van der Waals surface area contributed by atoms with Crippen LogP contribution in [0.5, 0.6) is 0 Å². The van der Waals surface area contributed by atoms with Crippen molar-refractivity contribution >= 4 is 43.8 Å². The molecule has 6 heteroatoms. The summed E-state index contributed by atoms with van der Waals surface area (Å²) in [5, 5.41) is 0. The van der Waals surface area contributed by atoms with Gasteiger partial charge in [-0.3, -0.25) is 0 Å². The monoisotopic (exact) mass is 406 g/mol. The largest absolute Gasteiger partial charge is 0.459 e. The molecule has 20 heavy (non-hydrogen) atoms. The van der Waals surface area contributed by atoms with E-state index in [1.165, 1.54) is 0 Å². The van der Waals surface area contributed by atoms with Crippen LogP contribution < -0.4 is 0 Å². The van der Waals surface area contributed by atoms with Crippen molar-refractivity contribution in [2.45, 2.75) is 39.9 Å². The number of benzene rings is 1. The molecule has 0 heterocycles. The van der Waals surface area contributed by atoms with E-state index in [0.29, 0.717) is 8.95 Å². The maximum atomic E-state index is 12.1. The van der Waals surface area contributed by atoms with Gasteiger partial charge >= 0.3 is 11.9 Å². The maximum absolute atomic E-state index is 12.1. The molecule has 110 valence electrons. The molecular formula is C14H16Br2O4. The topological polar surface area (TPSA) is 52.6 Å². The van der Waals surface area contributed by atoms with Crippen LogP contribution in [0.25, 0.3) is 0 Å². The second kappa shape index (κ2) is 7.22. The molecule has 0 atom stereocenters. The first kappa shape index (κ1) is 17.2. The third-order valence-electron chi connectivity index (χ3n) is 2.19. The summed E-state index contributed by atoms with van der Waals surface area (Å²) < 4.78 is 11.6. The van der Waals surface area contributed by atoms with Gasteiger partial charge in [0.1, 0.15) is 0 Å². The van der Waals surface area contributed by atoms with Gasteiger partial charge in [0, 0.05) is 8.95 Å². The van der Waals surface area contributed by atoms with E-state index in [-0.39, 0.29) is 23.3 Å². The van der Waals surface area contributed by atoms with E-state index in [2.05, 4.69) is 31.9 Å². The van der Waals surface area contributed by atoms with Gasteiger partial charge < -0.3 is 9.47 Å². The number of carbonyl (C=O) groups excluding carboxylic acids is 2. The van der Waals surface area contributed by atoms with Crippen LogP contribution in [0.1, 0.15) is 48.4 Å². The van der Waals surface area contributed by atoms with Gasteiger partial charge in [-0.15, -0.1) is 0 Å². The highest BCUT2D eigenvalue weighted by Gasteiger charge is 2.22. The lowest BCUT2D eigenvalue weighted by atomic mass is 10.1. The zero-order valence-corrected chi connectivity index (χ0v) is 14.9. The molecule has 0 aliphatic rings. The number of halogens is 2. The molecule has 0 bridgehead atoms. The van der Waals surface area contributed by atoms with E-state index < -0.39 is 11.9 Å². The lowest BCUT2D eigenvalue weighted by Gasteiger charge is -2.14. The number of ether oxygens (including phenoxy) is 2. The molecular weight excluding hydrogens is 392 g/mol. The third kappa shape index (κ3) is 4.59. The van der Waals surface area contributed by atoms with Crippen LogP contribution in [0.2, 0.25) is 0 Å². The van der Waals surface area contributed by atoms with Gasteiger partial charge in [-0.05, 0) is 71.7 Å². The van der Waals surface area contributed by atoms with E-state index in [1.54, 1.807) is 39.8 Å². The zero-order chi connectivity index (χ0) is 15.4. The van der Waals surface area contributed by atoms with Gasteiger partial charge in [-0.2, -0.15) is 0 Å². The Balaban J connectivity index is 3.23. The lowest BCUT2D eigenvalue weighted by Crippen LogP contribution is -2.19. The minimum atomic E-state index is -0.552. The van der Waals surface area contributed by atoms with E-state index in [0.717, 1.165) is 0 Å². The lowest BCUT2D eigenvalue weighted by molar-refractivity contribution is 0.0327. The van der Waals surface area contributed by atoms with Gasteiger partial charge in [0.2, 0.25) is 0 Å². The molecule has 4 nitrogen and oxygen atoms in total. The Kier molecular flexibility index (Phi) is 6.20. The van der Waals surface area contributed by atoms with Crippen LogP contribution in [-0.4, -0.2) is 24.1 Å². The highest BCUT2D eigenvalue weighted by atomic mass is 79.9. The molecule has 1 aromatic carbocycles. The highest BCUT2D eigenvalue weighted by Crippen LogP contribution is 2.28. The Hall–Kier alpha value is -0.880. The van der Waals surface area contributed by atoms with Gasteiger partial charge in [0.05, 0.1) is 23.3 Å². The fourth-order valence-electron chi connectivity index (χ4n) is 1.44. The van der Waals surface area contributed by atoms with Crippen LogP contribution in [0.4, 0.5) is 0 Å². The van der Waals surface area contributed by atoms with E-state index in [4.69, 9.17) is 9.47 Å². The highest BCUT2D eigenvalue weighted by molar-refractivity contribution is 9.13. The molecule has 0 amide bonds. The second-order valence-electron chi connectivity index (χ2n) is 4.72. The fourth-order valence-corrected chi connectivity index (χ4v) is 2.13. The zero-order valence-electron chi connectivity index (χ0n) is 11.7. The molecule has 0 aliphatic carbocycles. The quantitative estimate of drug-likeness (QED) is 0.696. The molecule has 0 N–H and O–H groups in total. The maximum Gasteiger partial charge on any atom is 0.339 e. The first-order valence-corrected chi connectivity index (χ1v) is 7.72. The van der Waals surface area contributed by atoms with Crippen LogP contribution in [0.15, 0.2) is 21.1 Å². The van der Waals surface area contributed by atoms with Crippen LogP contribution >= 0.6 is 31.9 Å². The SMILES string of the molecule is CC(C)OC(=O)c1cc(Br)c(Br)cc1C(=O)OC(C)C. The van der Waals surface area contributed by atoms with Crippen molar-refractivity contribution in [3.05, 3.63) is 32.2 Å². The molecule has 1 rings (SSSR count). The second-order valence-corrected chi connectivity index (χ2v) is 6.43. The van der Waals surface area contributed by atoms with E-state index >= 15 is 0 Å². The van der Waals surface area contributed by atoms with Crippen molar-refractivity contribution in [1.82, 2.24) is 0 Å². The van der Waals surface area contributed by atoms with Crippen molar-refractivity contribution in [3.8, 4) is 0 Å². The number of rotatable bonds is 4. The van der Waals surface area contributed by atoms with Crippen molar-refractivity contribution in [2.24, 2.45) is 0 Å². The third-order valence-corrected chi connectivity index (χ3v) is 4.03. The van der Waals surface area contributed by atoms with Crippen LogP contribution in [-0.2, 0) is 9.47 Å². The van der Waals surface area contributed by atoms with Crippen LogP contribution in [0, 0.1) is 0 Å². The van der Waals surface area contributed by atoms with Crippen molar-refractivity contribution in [1.29, 1.82) is 0 Å². The number of esters is 2. The van der Waals surface area contributed by atoms with E-state index in [1.807, 2.05) is 0 Å². The summed E-state index contributed by atoms with van der Waals surface area (Å²) in [6.07, 6.45) is -0.530. The van der Waals surface area contributed by atoms with Gasteiger partial charge in [0.15, 0.2) is 0 Å². The normalized spacial score (nSPS) is 10.8. The number of carbonyl (C=O) groups is 2. The summed E-state index contributed by atoms with van der Waals surface area (Å²) in [6, 6.07) is 3.09. The molecule has 0 saturated carbocycles. The molecule has 0 spiro atoms. The molecule has 0 aromatic heterocycles. The fraction of sp³-hybridized carbons (Fsp3) is 0.429. The minimum Gasteiger partial charge on any atom is -0.459 e. The standard InChI is InChI=1S/C14H16Br2O4/c1-7(2)19-13(17)9-5-11(15)12(16)6-10(9)14(18)20-8(3)4/h5-8H,1-4H3. The Morgan fingerprint density at radius 2 is 1.15 bits per heavy atom. The Labute approximate surface area is 135 Å². The average Bonchev–Trinajstić information content (AvgIpc) is 2.30. The first-order chi connectivity index (χ1) is 9.22. The Morgan fingerprint density at radius 3 is 1.40 bits per heavy atom. The molecule has 0 aliphatic heterocycles. The van der Waals surface area contributed by atoms with Crippen LogP contribution in [0.3, 0.4) is 0 Å². The number of hydrogen-bond acceptors (Lipinski definition) is 4. The average molecular weight is 408 g/mol. The first-order valence-electron chi connectivity index (χ1n) is 6.13. The molecule has 0 saturated heterocycles. The van der Waals surface area contributed by atoms with Crippen molar-refractivity contribution < 1.29 is 19.1 Å². The minimum absolute atomic E-state index is 0.180. The smallest absolute Gasteiger partial charge is 0.339 e. The van der Waals surface area contributed by atoms with Gasteiger partial charge in [-0.25, -0.2) is 9.59 Å². The predicted octanol–water partition coefficient (Wildman–Crippen LogP) is 4.34. The molecule has 1 aromatic rings. The summed E-state index contributed by atoms with van der Waals surface area (Å²) in [5.74, 6) is -1.10. The summed E-state index contributed by atoms with van der Waals surface area (Å²) in [4.78, 5) is 24.1. The molecule has 0 radical (unpaired) electrons.